The highest BCUT2D eigenvalue weighted by Crippen LogP contribution is 2.51. The normalized spacial score (nSPS) is 26.8. The number of likely N-dealkylation sites (tertiary alicyclic amines) is 1. The van der Waals surface area contributed by atoms with Crippen LogP contribution in [0.1, 0.15) is 37.6 Å². The molecule has 24 heavy (non-hydrogen) atoms. The van der Waals surface area contributed by atoms with E-state index in [9.17, 15) is 5.11 Å². The van der Waals surface area contributed by atoms with Crippen LogP contribution in [-0.2, 0) is 11.3 Å². The van der Waals surface area contributed by atoms with Crippen LogP contribution >= 0.6 is 0 Å². The summed E-state index contributed by atoms with van der Waals surface area (Å²) in [6.07, 6.45) is 5.05. The van der Waals surface area contributed by atoms with Crippen molar-refractivity contribution in [3.8, 4) is 0 Å². The van der Waals surface area contributed by atoms with E-state index in [2.05, 4.69) is 40.6 Å². The minimum absolute atomic E-state index is 0.00200. The van der Waals surface area contributed by atoms with E-state index >= 15 is 0 Å². The minimum atomic E-state index is -0.186. The van der Waals surface area contributed by atoms with Gasteiger partial charge in [0.15, 0.2) is 0 Å². The first-order valence-corrected chi connectivity index (χ1v) is 9.08. The maximum Gasteiger partial charge on any atom is 0.137 e. The van der Waals surface area contributed by atoms with Crippen LogP contribution in [0.3, 0.4) is 0 Å². The highest BCUT2D eigenvalue weighted by Gasteiger charge is 2.55. The summed E-state index contributed by atoms with van der Waals surface area (Å²) < 4.78 is 8.01. The van der Waals surface area contributed by atoms with Gasteiger partial charge in [-0.2, -0.15) is 0 Å². The lowest BCUT2D eigenvalue weighted by Crippen LogP contribution is -2.62. The van der Waals surface area contributed by atoms with Crippen LogP contribution < -0.4 is 0 Å². The fourth-order valence-corrected chi connectivity index (χ4v) is 4.45. The molecule has 1 aliphatic carbocycles. The Balaban J connectivity index is 1.41. The van der Waals surface area contributed by atoms with E-state index in [-0.39, 0.29) is 17.6 Å². The van der Waals surface area contributed by atoms with Gasteiger partial charge in [-0.3, -0.25) is 4.90 Å². The molecule has 1 saturated heterocycles. The minimum Gasteiger partial charge on any atom is -0.392 e. The Labute approximate surface area is 143 Å². The molecule has 1 saturated carbocycles. The molecule has 1 aliphatic heterocycles. The number of ether oxygens (including phenoxy) is 1. The molecule has 0 radical (unpaired) electrons. The number of pyridine rings is 1. The number of hydrogen-bond acceptors (Lipinski definition) is 4. The van der Waals surface area contributed by atoms with Crippen LogP contribution in [0.2, 0.25) is 0 Å². The highest BCUT2D eigenvalue weighted by molar-refractivity contribution is 5.41. The Hall–Kier alpha value is -1.43. The van der Waals surface area contributed by atoms with Gasteiger partial charge in [-0.1, -0.05) is 6.07 Å². The summed E-state index contributed by atoms with van der Waals surface area (Å²) in [5.74, 6) is 0. The fraction of sp³-hybridized carbons (Fsp3) is 0.632. The molecule has 2 fully saturated rings. The van der Waals surface area contributed by atoms with Gasteiger partial charge in [0.2, 0.25) is 0 Å². The number of aryl methyl sites for hydroxylation is 1. The number of imidazole rings is 1. The molecule has 5 nitrogen and oxygen atoms in total. The lowest BCUT2D eigenvalue weighted by molar-refractivity contribution is -0.209. The average Bonchev–Trinajstić information content (AvgIpc) is 2.99. The molecule has 2 aromatic heterocycles. The second-order valence-corrected chi connectivity index (χ2v) is 7.33. The number of aliphatic hydroxyl groups excluding tert-OH is 1. The summed E-state index contributed by atoms with van der Waals surface area (Å²) in [5, 5.41) is 10.3. The predicted molar refractivity (Wildman–Crippen MR) is 92.9 cm³/mol. The summed E-state index contributed by atoms with van der Waals surface area (Å²) in [6.45, 7) is 7.78. The van der Waals surface area contributed by atoms with Crippen molar-refractivity contribution < 1.29 is 9.84 Å². The molecule has 4 rings (SSSR count). The van der Waals surface area contributed by atoms with E-state index in [1.165, 1.54) is 5.69 Å². The topological polar surface area (TPSA) is 50.0 Å². The van der Waals surface area contributed by atoms with Crippen LogP contribution in [0.4, 0.5) is 0 Å². The summed E-state index contributed by atoms with van der Waals surface area (Å²) in [5.41, 5.74) is 3.35. The monoisotopic (exact) mass is 329 g/mol. The van der Waals surface area contributed by atoms with Crippen LogP contribution in [0.15, 0.2) is 24.4 Å². The Morgan fingerprint density at radius 2 is 2.12 bits per heavy atom. The third-order valence-corrected chi connectivity index (χ3v) is 6.03. The van der Waals surface area contributed by atoms with Gasteiger partial charge in [-0.15, -0.1) is 0 Å². The van der Waals surface area contributed by atoms with Crippen molar-refractivity contribution in [2.45, 2.75) is 51.9 Å². The number of hydrogen-bond donors (Lipinski definition) is 1. The summed E-state index contributed by atoms with van der Waals surface area (Å²) in [6, 6.07) is 6.21. The molecule has 1 N–H and O–H groups in total. The highest BCUT2D eigenvalue weighted by atomic mass is 16.5. The van der Waals surface area contributed by atoms with E-state index in [0.29, 0.717) is 0 Å². The Morgan fingerprint density at radius 3 is 2.79 bits per heavy atom. The second kappa shape index (κ2) is 6.14. The average molecular weight is 329 g/mol. The lowest BCUT2D eigenvalue weighted by Gasteiger charge is -2.56. The van der Waals surface area contributed by atoms with Gasteiger partial charge < -0.3 is 14.2 Å². The van der Waals surface area contributed by atoms with Gasteiger partial charge in [0, 0.05) is 36.9 Å². The van der Waals surface area contributed by atoms with Gasteiger partial charge in [0.1, 0.15) is 5.65 Å². The predicted octanol–water partition coefficient (Wildman–Crippen LogP) is 2.39. The van der Waals surface area contributed by atoms with Crippen LogP contribution in [0.5, 0.6) is 0 Å². The first kappa shape index (κ1) is 16.1. The lowest BCUT2D eigenvalue weighted by atomic mass is 9.58. The number of fused-ring (bicyclic) bond motifs is 1. The van der Waals surface area contributed by atoms with E-state index in [1.807, 2.05) is 6.92 Å². The summed E-state index contributed by atoms with van der Waals surface area (Å²) >= 11 is 0. The zero-order valence-corrected chi connectivity index (χ0v) is 14.6. The van der Waals surface area contributed by atoms with Crippen molar-refractivity contribution in [2.75, 3.05) is 19.7 Å². The van der Waals surface area contributed by atoms with E-state index in [0.717, 1.165) is 56.8 Å². The molecule has 0 aromatic carbocycles. The fourth-order valence-electron chi connectivity index (χ4n) is 4.45. The molecular formula is C19H27N3O2. The number of aliphatic hydroxyl groups is 1. The largest absolute Gasteiger partial charge is 0.392 e. The van der Waals surface area contributed by atoms with Crippen LogP contribution in [-0.4, -0.2) is 51.3 Å². The maximum absolute atomic E-state index is 10.3. The Morgan fingerprint density at radius 1 is 1.33 bits per heavy atom. The Bertz CT molecular complexity index is 716. The molecule has 2 atom stereocenters. The summed E-state index contributed by atoms with van der Waals surface area (Å²) in [4.78, 5) is 7.20. The number of piperidine rings is 1. The van der Waals surface area contributed by atoms with Crippen LogP contribution in [0.25, 0.3) is 5.65 Å². The molecule has 2 aliphatic rings. The quantitative estimate of drug-likeness (QED) is 0.936. The molecule has 130 valence electrons. The standard InChI is InChI=1S/C19H27N3O2/c1-3-24-17-11-16(23)19(17)7-9-21(10-8-19)12-15-13-22-14(2)5-4-6-18(22)20-15/h4-6,13,16-17,23H,3,7-12H2,1-2H3. The van der Waals surface area contributed by atoms with Gasteiger partial charge >= 0.3 is 0 Å². The van der Waals surface area contributed by atoms with E-state index in [4.69, 9.17) is 9.72 Å². The van der Waals surface area contributed by atoms with Crippen molar-refractivity contribution in [3.05, 3.63) is 35.8 Å². The molecule has 0 amide bonds. The third kappa shape index (κ3) is 2.55. The van der Waals surface area contributed by atoms with Crippen molar-refractivity contribution in [3.63, 3.8) is 0 Å². The maximum atomic E-state index is 10.3. The number of rotatable bonds is 4. The summed E-state index contributed by atoms with van der Waals surface area (Å²) in [7, 11) is 0. The number of nitrogens with zero attached hydrogens (tertiary/aromatic N) is 3. The van der Waals surface area contributed by atoms with Crippen LogP contribution in [0, 0.1) is 12.3 Å². The SMILES string of the molecule is CCOC1CC(O)C12CCN(Cc1cn3c(C)cccc3n1)CC2. The van der Waals surface area contributed by atoms with Crippen molar-refractivity contribution in [1.82, 2.24) is 14.3 Å². The second-order valence-electron chi connectivity index (χ2n) is 7.33. The van der Waals surface area contributed by atoms with Gasteiger partial charge in [0.05, 0.1) is 17.9 Å². The molecule has 1 spiro atoms. The Kier molecular flexibility index (Phi) is 4.11. The van der Waals surface area contributed by atoms with E-state index < -0.39 is 0 Å². The first-order chi connectivity index (χ1) is 11.6. The molecular weight excluding hydrogens is 302 g/mol. The van der Waals surface area contributed by atoms with Gasteiger partial charge in [-0.25, -0.2) is 4.98 Å². The van der Waals surface area contributed by atoms with Crippen molar-refractivity contribution in [1.29, 1.82) is 0 Å². The smallest absolute Gasteiger partial charge is 0.137 e. The third-order valence-electron chi connectivity index (χ3n) is 6.03. The molecule has 0 bridgehead atoms. The molecule has 2 unspecified atom stereocenters. The molecule has 3 heterocycles. The van der Waals surface area contributed by atoms with E-state index in [1.54, 1.807) is 0 Å². The van der Waals surface area contributed by atoms with Crippen molar-refractivity contribution >= 4 is 5.65 Å². The molecule has 5 heteroatoms. The molecule has 2 aromatic rings. The number of aromatic nitrogens is 2. The first-order valence-electron chi connectivity index (χ1n) is 9.08. The van der Waals surface area contributed by atoms with Crippen molar-refractivity contribution in [2.24, 2.45) is 5.41 Å². The zero-order valence-electron chi connectivity index (χ0n) is 14.6. The van der Waals surface area contributed by atoms with Gasteiger partial charge in [0.25, 0.3) is 0 Å². The van der Waals surface area contributed by atoms with Gasteiger partial charge in [-0.05, 0) is 51.9 Å². The zero-order chi connectivity index (χ0) is 16.7.